The maximum absolute atomic E-state index is 11.6. The highest BCUT2D eigenvalue weighted by Crippen LogP contribution is 2.16. The van der Waals surface area contributed by atoms with E-state index in [-0.39, 0.29) is 66.2 Å². The van der Waals surface area contributed by atoms with Crippen molar-refractivity contribution in [2.45, 2.75) is 95.6 Å². The predicted molar refractivity (Wildman–Crippen MR) is 188 cm³/mol. The molecule has 9 nitrogen and oxygen atoms in total. The van der Waals surface area contributed by atoms with E-state index in [1.165, 1.54) is 33.3 Å². The number of rotatable bonds is 12. The van der Waals surface area contributed by atoms with E-state index in [1.807, 2.05) is 65.0 Å². The second-order valence-electron chi connectivity index (χ2n) is 11.6. The summed E-state index contributed by atoms with van der Waals surface area (Å²) in [6.45, 7) is 19.4. The molecule has 264 valence electrons. The van der Waals surface area contributed by atoms with E-state index in [1.54, 1.807) is 32.0 Å². The summed E-state index contributed by atoms with van der Waals surface area (Å²) in [6, 6.07) is 14.4. The van der Waals surface area contributed by atoms with Crippen LogP contribution >= 0.6 is 11.6 Å². The molecule has 2 unspecified atom stereocenters. The van der Waals surface area contributed by atoms with Crippen molar-refractivity contribution in [3.05, 3.63) is 64.7 Å². The van der Waals surface area contributed by atoms with E-state index in [2.05, 4.69) is 5.32 Å². The van der Waals surface area contributed by atoms with Gasteiger partial charge in [-0.25, -0.2) is 0 Å². The van der Waals surface area contributed by atoms with Gasteiger partial charge in [-0.1, -0.05) is 82.1 Å². The third-order valence-corrected chi connectivity index (χ3v) is 6.43. The van der Waals surface area contributed by atoms with Crippen molar-refractivity contribution in [3.63, 3.8) is 0 Å². The fraction of sp³-hybridized carbons (Fsp3) is 0.514. The molecule has 0 saturated carbocycles. The van der Waals surface area contributed by atoms with E-state index in [0.717, 1.165) is 5.56 Å². The summed E-state index contributed by atoms with van der Waals surface area (Å²) in [5, 5.41) is 12.0. The number of carbonyl (C=O) groups excluding carboxylic acids is 6. The SMILES string of the molecule is CC(=O)CC(C)C(=O)COCc1ccccc1Cl.CC(=O)CNC(=O)C(C)C(C)C.CC(C)=O.CCC(C)=O.Cc1ccc(O)cc1. The Bertz CT molecular complexity index is 1200. The number of benzene rings is 2. The zero-order valence-corrected chi connectivity index (χ0v) is 30.8. The van der Waals surface area contributed by atoms with Gasteiger partial charge >= 0.3 is 0 Å². The number of nitrogens with one attached hydrogen (secondary N) is 1. The van der Waals surface area contributed by atoms with Crippen LogP contribution in [-0.2, 0) is 40.1 Å². The summed E-state index contributed by atoms with van der Waals surface area (Å²) >= 11 is 5.96. The molecule has 2 aromatic carbocycles. The number of aromatic hydroxyl groups is 1. The lowest BCUT2D eigenvalue weighted by Crippen LogP contribution is -2.34. The highest BCUT2D eigenvalue weighted by atomic mass is 35.5. The van der Waals surface area contributed by atoms with E-state index < -0.39 is 0 Å². The molecule has 47 heavy (non-hydrogen) atoms. The molecule has 0 aromatic heterocycles. The molecule has 2 atom stereocenters. The van der Waals surface area contributed by atoms with Crippen LogP contribution in [0.3, 0.4) is 0 Å². The molecule has 2 rings (SSSR count). The third-order valence-electron chi connectivity index (χ3n) is 6.06. The molecule has 10 heteroatoms. The summed E-state index contributed by atoms with van der Waals surface area (Å²) in [7, 11) is 0. The van der Waals surface area contributed by atoms with E-state index >= 15 is 0 Å². The van der Waals surface area contributed by atoms with Gasteiger partial charge in [0.25, 0.3) is 0 Å². The monoisotopic (exact) mass is 677 g/mol. The molecule has 2 N–H and O–H groups in total. The maximum Gasteiger partial charge on any atom is 0.223 e. The highest BCUT2D eigenvalue weighted by molar-refractivity contribution is 6.31. The van der Waals surface area contributed by atoms with Crippen molar-refractivity contribution < 1.29 is 38.6 Å². The van der Waals surface area contributed by atoms with Crippen LogP contribution in [0.4, 0.5) is 0 Å². The number of phenolic OH excluding ortho intramolecular Hbond substituents is 1. The second kappa shape index (κ2) is 28.5. The van der Waals surface area contributed by atoms with Crippen LogP contribution in [0.15, 0.2) is 48.5 Å². The largest absolute Gasteiger partial charge is 0.508 e. The maximum atomic E-state index is 11.6. The molecule has 2 aromatic rings. The number of aryl methyl sites for hydroxylation is 1. The molecule has 0 aliphatic carbocycles. The van der Waals surface area contributed by atoms with Gasteiger partial charge in [-0.2, -0.15) is 0 Å². The van der Waals surface area contributed by atoms with Crippen LogP contribution < -0.4 is 5.32 Å². The van der Waals surface area contributed by atoms with Crippen molar-refractivity contribution >= 4 is 46.4 Å². The average Bonchev–Trinajstić information content (AvgIpc) is 2.98. The molecule has 0 aliphatic rings. The molecule has 0 saturated heterocycles. The van der Waals surface area contributed by atoms with Crippen LogP contribution in [0.25, 0.3) is 0 Å². The van der Waals surface area contributed by atoms with Gasteiger partial charge in [0.2, 0.25) is 5.91 Å². The van der Waals surface area contributed by atoms with Crippen LogP contribution in [0.2, 0.25) is 5.02 Å². The van der Waals surface area contributed by atoms with Gasteiger partial charge in [-0.15, -0.1) is 0 Å². The Morgan fingerprint density at radius 2 is 1.30 bits per heavy atom. The van der Waals surface area contributed by atoms with Gasteiger partial charge in [-0.3, -0.25) is 14.4 Å². The van der Waals surface area contributed by atoms with Gasteiger partial charge < -0.3 is 29.5 Å². The molecule has 0 heterocycles. The Morgan fingerprint density at radius 1 is 0.809 bits per heavy atom. The lowest BCUT2D eigenvalue weighted by molar-refractivity contribution is -0.130. The number of ketones is 5. The normalized spacial score (nSPS) is 10.8. The third kappa shape index (κ3) is 32.1. The Morgan fingerprint density at radius 3 is 1.68 bits per heavy atom. The van der Waals surface area contributed by atoms with Crippen molar-refractivity contribution in [1.29, 1.82) is 0 Å². The first kappa shape index (κ1) is 47.7. The first-order valence-corrected chi connectivity index (χ1v) is 15.9. The van der Waals surface area contributed by atoms with E-state index in [4.69, 9.17) is 21.4 Å². The van der Waals surface area contributed by atoms with E-state index in [0.29, 0.717) is 29.7 Å². The minimum Gasteiger partial charge on any atom is -0.508 e. The molecule has 0 bridgehead atoms. The summed E-state index contributed by atoms with van der Waals surface area (Å²) in [4.78, 5) is 63.5. The number of hydrogen-bond acceptors (Lipinski definition) is 8. The first-order valence-electron chi connectivity index (χ1n) is 15.6. The zero-order chi connectivity index (χ0) is 37.1. The number of carbonyl (C=O) groups is 6. The molecular formula is C37H56ClNO8. The Hall–Kier alpha value is -3.69. The summed E-state index contributed by atoms with van der Waals surface area (Å²) in [5.41, 5.74) is 2.02. The quantitative estimate of drug-likeness (QED) is 0.238. The second-order valence-corrected chi connectivity index (χ2v) is 12.0. The van der Waals surface area contributed by atoms with Crippen molar-refractivity contribution in [1.82, 2.24) is 5.32 Å². The molecule has 1 amide bonds. The fourth-order valence-electron chi connectivity index (χ4n) is 2.78. The van der Waals surface area contributed by atoms with Crippen LogP contribution in [0.5, 0.6) is 5.75 Å². The van der Waals surface area contributed by atoms with Crippen LogP contribution in [-0.4, -0.2) is 53.1 Å². The van der Waals surface area contributed by atoms with Crippen molar-refractivity contribution in [2.75, 3.05) is 13.2 Å². The highest BCUT2D eigenvalue weighted by Gasteiger charge is 2.16. The van der Waals surface area contributed by atoms with Gasteiger partial charge in [0.1, 0.15) is 35.5 Å². The number of hydrogen-bond donors (Lipinski definition) is 2. The summed E-state index contributed by atoms with van der Waals surface area (Å²) < 4.78 is 5.32. The Labute approximate surface area is 286 Å². The fourth-order valence-corrected chi connectivity index (χ4v) is 2.97. The standard InChI is InChI=1S/C14H17ClO3.C9H17NO2.C7H8O.C4H8O.C3H6O/c1-10(7-11(2)16)14(17)9-18-8-12-5-3-4-6-13(12)15;1-6(2)8(4)9(12)10-5-7(3)11;1-6-2-4-7(8)5-3-6;1-3-4(2)5;1-3(2)4/h3-6,10H,7-9H2,1-2H3;6,8H,5H2,1-4H3,(H,10,12);2-5,8H,1H3;3H2,1-2H3;1-2H3. The number of amides is 1. The van der Waals surface area contributed by atoms with Gasteiger partial charge in [-0.05, 0) is 71.2 Å². The number of halogens is 1. The average molecular weight is 678 g/mol. The summed E-state index contributed by atoms with van der Waals surface area (Å²) in [6.07, 6.45) is 0.939. The first-order chi connectivity index (χ1) is 21.7. The summed E-state index contributed by atoms with van der Waals surface area (Å²) in [5.74, 6) is 0.661. The molecule has 0 aliphatic heterocycles. The van der Waals surface area contributed by atoms with Crippen LogP contribution in [0.1, 0.15) is 93.2 Å². The molecule has 0 fully saturated rings. The van der Waals surface area contributed by atoms with Gasteiger partial charge in [0.15, 0.2) is 5.78 Å². The Kier molecular flexibility index (Phi) is 29.0. The smallest absolute Gasteiger partial charge is 0.223 e. The van der Waals surface area contributed by atoms with Crippen molar-refractivity contribution in [3.8, 4) is 5.75 Å². The van der Waals surface area contributed by atoms with Crippen molar-refractivity contribution in [2.24, 2.45) is 17.8 Å². The lowest BCUT2D eigenvalue weighted by atomic mass is 9.97. The Balaban J connectivity index is -0.000000574. The number of ether oxygens (including phenoxy) is 1. The molecule has 0 spiro atoms. The minimum atomic E-state index is -0.284. The zero-order valence-electron chi connectivity index (χ0n) is 30.1. The predicted octanol–water partition coefficient (Wildman–Crippen LogP) is 7.31. The topological polar surface area (TPSA) is 144 Å². The number of Topliss-reactive ketones (excluding diaryl/α,β-unsaturated/α-hetero) is 5. The lowest BCUT2D eigenvalue weighted by Gasteiger charge is -2.14. The van der Waals surface area contributed by atoms with Gasteiger partial charge in [0, 0.05) is 29.7 Å². The van der Waals surface area contributed by atoms with Crippen LogP contribution in [0, 0.1) is 24.7 Å². The van der Waals surface area contributed by atoms with E-state index in [9.17, 15) is 28.8 Å². The molecular weight excluding hydrogens is 622 g/mol. The molecule has 0 radical (unpaired) electrons. The minimum absolute atomic E-state index is 0.0136. The van der Waals surface area contributed by atoms with Gasteiger partial charge in [0.05, 0.1) is 13.2 Å². The number of phenols is 1.